The minimum atomic E-state index is -0.885. The monoisotopic (exact) mass is 323 g/mol. The highest BCUT2D eigenvalue weighted by Crippen LogP contribution is 2.63. The molecule has 124 valence electrons. The number of hydrogen-bond donors (Lipinski definition) is 0. The standard InChI is InChI=1S/C18H20N4O2/c23-16(24)17-7-12-6-13(8-17)10-18(9-12,11-17)22-20-15(19-21-22)14-4-2-1-3-5-14/h1-5,12-13H,6-11H2,(H,23,24)/p-1/t12-,13+,17?,18?. The first kappa shape index (κ1) is 14.1. The van der Waals surface area contributed by atoms with E-state index >= 15 is 0 Å². The molecule has 0 N–H and O–H groups in total. The van der Waals surface area contributed by atoms with Crippen molar-refractivity contribution in [2.24, 2.45) is 17.3 Å². The summed E-state index contributed by atoms with van der Waals surface area (Å²) in [5.74, 6) is 0.601. The lowest BCUT2D eigenvalue weighted by molar-refractivity contribution is -0.329. The highest BCUT2D eigenvalue weighted by molar-refractivity contribution is 5.73. The third-order valence-corrected chi connectivity index (χ3v) is 6.33. The molecule has 1 aromatic carbocycles. The molecule has 4 aliphatic rings. The molecule has 2 aromatic rings. The number of hydrogen-bond acceptors (Lipinski definition) is 5. The molecule has 0 spiro atoms. The van der Waals surface area contributed by atoms with Crippen LogP contribution in [-0.2, 0) is 10.3 Å². The van der Waals surface area contributed by atoms with Crippen molar-refractivity contribution in [1.29, 1.82) is 0 Å². The molecule has 6 heteroatoms. The van der Waals surface area contributed by atoms with Crippen LogP contribution < -0.4 is 5.11 Å². The number of carbonyl (C=O) groups is 1. The van der Waals surface area contributed by atoms with Crippen LogP contribution in [0.3, 0.4) is 0 Å². The number of aromatic nitrogens is 4. The zero-order valence-corrected chi connectivity index (χ0v) is 13.4. The van der Waals surface area contributed by atoms with Crippen molar-refractivity contribution in [3.05, 3.63) is 30.3 Å². The van der Waals surface area contributed by atoms with Crippen LogP contribution in [0, 0.1) is 17.3 Å². The van der Waals surface area contributed by atoms with Gasteiger partial charge >= 0.3 is 0 Å². The number of aliphatic carboxylic acids is 1. The van der Waals surface area contributed by atoms with Crippen molar-refractivity contribution < 1.29 is 9.90 Å². The van der Waals surface area contributed by atoms with Gasteiger partial charge in [0.15, 0.2) is 0 Å². The Morgan fingerprint density at radius 3 is 2.50 bits per heavy atom. The minimum Gasteiger partial charge on any atom is -0.550 e. The fourth-order valence-electron chi connectivity index (χ4n) is 5.81. The summed E-state index contributed by atoms with van der Waals surface area (Å²) in [6.07, 6.45) is 5.16. The van der Waals surface area contributed by atoms with Gasteiger partial charge in [0, 0.05) is 16.9 Å². The minimum absolute atomic E-state index is 0.301. The average Bonchev–Trinajstić information content (AvgIpc) is 3.05. The normalized spacial score (nSPS) is 36.8. The van der Waals surface area contributed by atoms with Crippen LogP contribution >= 0.6 is 0 Å². The Labute approximate surface area is 139 Å². The van der Waals surface area contributed by atoms with Crippen molar-refractivity contribution >= 4 is 5.97 Å². The van der Waals surface area contributed by atoms with Gasteiger partial charge in [0.25, 0.3) is 0 Å². The molecule has 0 radical (unpaired) electrons. The lowest BCUT2D eigenvalue weighted by atomic mass is 9.47. The maximum atomic E-state index is 11.9. The van der Waals surface area contributed by atoms with E-state index in [0.717, 1.165) is 37.7 Å². The van der Waals surface area contributed by atoms with E-state index in [4.69, 9.17) is 0 Å². The topological polar surface area (TPSA) is 83.7 Å². The number of benzene rings is 1. The van der Waals surface area contributed by atoms with Gasteiger partial charge in [0.2, 0.25) is 5.82 Å². The first-order valence-electron chi connectivity index (χ1n) is 8.66. The summed E-state index contributed by atoms with van der Waals surface area (Å²) in [6.45, 7) is 0. The number of tetrazole rings is 1. The van der Waals surface area contributed by atoms with Crippen LogP contribution in [0.15, 0.2) is 30.3 Å². The van der Waals surface area contributed by atoms with Gasteiger partial charge in [-0.3, -0.25) is 0 Å². The summed E-state index contributed by atoms with van der Waals surface area (Å²) >= 11 is 0. The Bertz CT molecular complexity index is 786. The molecule has 6 nitrogen and oxygen atoms in total. The highest BCUT2D eigenvalue weighted by atomic mass is 16.4. The van der Waals surface area contributed by atoms with Gasteiger partial charge in [0.1, 0.15) is 0 Å². The van der Waals surface area contributed by atoms with Crippen molar-refractivity contribution in [1.82, 2.24) is 20.2 Å². The van der Waals surface area contributed by atoms with Gasteiger partial charge in [-0.25, -0.2) is 0 Å². The number of carboxylic acids is 1. The predicted molar refractivity (Wildman–Crippen MR) is 83.3 cm³/mol. The molecule has 0 saturated heterocycles. The maximum Gasteiger partial charge on any atom is 0.204 e. The molecule has 2 unspecified atom stereocenters. The third-order valence-electron chi connectivity index (χ3n) is 6.33. The first-order valence-corrected chi connectivity index (χ1v) is 8.66. The van der Waals surface area contributed by atoms with Crippen molar-refractivity contribution in [2.45, 2.75) is 44.1 Å². The van der Waals surface area contributed by atoms with Crippen molar-refractivity contribution in [3.8, 4) is 11.4 Å². The van der Waals surface area contributed by atoms with Gasteiger partial charge in [-0.2, -0.15) is 4.80 Å². The molecule has 4 fully saturated rings. The van der Waals surface area contributed by atoms with E-state index in [1.54, 1.807) is 4.80 Å². The van der Waals surface area contributed by atoms with E-state index in [2.05, 4.69) is 15.4 Å². The Morgan fingerprint density at radius 2 is 1.83 bits per heavy atom. The number of rotatable bonds is 3. The molecule has 0 amide bonds. The summed E-state index contributed by atoms with van der Waals surface area (Å²) in [5, 5.41) is 25.1. The molecule has 4 saturated carbocycles. The molecule has 6 rings (SSSR count). The molecule has 1 heterocycles. The number of carbonyl (C=O) groups excluding carboxylic acids is 1. The van der Waals surface area contributed by atoms with E-state index in [-0.39, 0.29) is 5.54 Å². The Morgan fingerprint density at radius 1 is 1.12 bits per heavy atom. The van der Waals surface area contributed by atoms with Crippen LogP contribution in [-0.4, -0.2) is 26.2 Å². The molecule has 0 aliphatic heterocycles. The second kappa shape index (κ2) is 4.65. The summed E-state index contributed by atoms with van der Waals surface area (Å²) in [4.78, 5) is 13.6. The van der Waals surface area contributed by atoms with Gasteiger partial charge in [-0.15, -0.1) is 10.2 Å². The van der Waals surface area contributed by atoms with Crippen LogP contribution in [0.4, 0.5) is 0 Å². The number of carboxylic acid groups (broad SMARTS) is 1. The molecule has 4 atom stereocenters. The fraction of sp³-hybridized carbons (Fsp3) is 0.556. The molecule has 4 bridgehead atoms. The SMILES string of the molecule is O=C([O-])C12C[C@H]3C[C@@H](C1)CC(n1nnc(-c4ccccc4)n1)(C3)C2. The molecule has 24 heavy (non-hydrogen) atoms. The van der Waals surface area contributed by atoms with E-state index in [1.165, 1.54) is 0 Å². The lowest BCUT2D eigenvalue weighted by Gasteiger charge is -2.61. The van der Waals surface area contributed by atoms with E-state index < -0.39 is 11.4 Å². The summed E-state index contributed by atoms with van der Waals surface area (Å²) < 4.78 is 0. The Balaban J connectivity index is 1.55. The van der Waals surface area contributed by atoms with Crippen LogP contribution in [0.25, 0.3) is 11.4 Å². The third kappa shape index (κ3) is 1.88. The van der Waals surface area contributed by atoms with Crippen molar-refractivity contribution in [3.63, 3.8) is 0 Å². The van der Waals surface area contributed by atoms with E-state index in [0.29, 0.717) is 24.1 Å². The summed E-state index contributed by atoms with van der Waals surface area (Å²) in [7, 11) is 0. The second-order valence-corrected chi connectivity index (χ2v) is 8.02. The lowest BCUT2D eigenvalue weighted by Crippen LogP contribution is -2.62. The number of nitrogens with zero attached hydrogens (tertiary/aromatic N) is 4. The van der Waals surface area contributed by atoms with Crippen molar-refractivity contribution in [2.75, 3.05) is 0 Å². The first-order chi connectivity index (χ1) is 11.6. The van der Waals surface area contributed by atoms with E-state index in [9.17, 15) is 9.90 Å². The Hall–Kier alpha value is -2.24. The van der Waals surface area contributed by atoms with Crippen LogP contribution in [0.2, 0.25) is 0 Å². The van der Waals surface area contributed by atoms with Crippen LogP contribution in [0.5, 0.6) is 0 Å². The van der Waals surface area contributed by atoms with Gasteiger partial charge < -0.3 is 9.90 Å². The van der Waals surface area contributed by atoms with Gasteiger partial charge in [-0.05, 0) is 55.6 Å². The quantitative estimate of drug-likeness (QED) is 0.852. The van der Waals surface area contributed by atoms with Gasteiger partial charge in [0.05, 0.1) is 5.54 Å². The predicted octanol–water partition coefficient (Wildman–Crippen LogP) is 1.39. The summed E-state index contributed by atoms with van der Waals surface area (Å²) in [6, 6.07) is 9.78. The molecule has 4 aliphatic carbocycles. The molecular weight excluding hydrogens is 304 g/mol. The average molecular weight is 323 g/mol. The second-order valence-electron chi connectivity index (χ2n) is 8.02. The molecule has 1 aromatic heterocycles. The van der Waals surface area contributed by atoms with E-state index in [1.807, 2.05) is 30.3 Å². The largest absolute Gasteiger partial charge is 0.550 e. The fourth-order valence-corrected chi connectivity index (χ4v) is 5.81. The molecular formula is C18H19N4O2-. The van der Waals surface area contributed by atoms with Gasteiger partial charge in [-0.1, -0.05) is 30.3 Å². The summed E-state index contributed by atoms with van der Waals surface area (Å²) in [5.41, 5.74) is -0.0578. The zero-order valence-electron chi connectivity index (χ0n) is 13.4. The Kier molecular flexibility index (Phi) is 2.74. The smallest absolute Gasteiger partial charge is 0.204 e. The maximum absolute atomic E-state index is 11.9. The zero-order chi connectivity index (χ0) is 16.4. The highest BCUT2D eigenvalue weighted by Gasteiger charge is 2.60. The van der Waals surface area contributed by atoms with Crippen LogP contribution in [0.1, 0.15) is 38.5 Å².